The Morgan fingerprint density at radius 2 is 1.83 bits per heavy atom. The number of rotatable bonds is 3. The van der Waals surface area contributed by atoms with Crippen molar-refractivity contribution in [3.8, 4) is 5.75 Å². The van der Waals surface area contributed by atoms with E-state index in [2.05, 4.69) is 25.1 Å². The molecule has 1 aliphatic carbocycles. The number of hydrogen-bond donors (Lipinski definition) is 1. The van der Waals surface area contributed by atoms with E-state index < -0.39 is 0 Å². The maximum absolute atomic E-state index is 6.46. The van der Waals surface area contributed by atoms with Crippen LogP contribution in [0.15, 0.2) is 18.2 Å². The van der Waals surface area contributed by atoms with Crippen LogP contribution in [0.2, 0.25) is 0 Å². The molecule has 0 aromatic heterocycles. The predicted molar refractivity (Wildman–Crippen MR) is 75.9 cm³/mol. The van der Waals surface area contributed by atoms with Crippen molar-refractivity contribution in [2.75, 3.05) is 7.11 Å². The summed E-state index contributed by atoms with van der Waals surface area (Å²) in [5, 5.41) is 0. The summed E-state index contributed by atoms with van der Waals surface area (Å²) in [6.07, 6.45) is 7.97. The molecule has 1 saturated carbocycles. The average Bonchev–Trinajstić information content (AvgIpc) is 2.67. The zero-order chi connectivity index (χ0) is 13.0. The number of ether oxygens (including phenoxy) is 1. The van der Waals surface area contributed by atoms with Crippen molar-refractivity contribution in [1.29, 1.82) is 0 Å². The van der Waals surface area contributed by atoms with E-state index in [0.717, 1.165) is 5.75 Å². The topological polar surface area (TPSA) is 35.2 Å². The molecule has 0 spiro atoms. The fraction of sp³-hybridized carbons (Fsp3) is 0.625. The Morgan fingerprint density at radius 3 is 2.44 bits per heavy atom. The molecule has 1 unspecified atom stereocenters. The van der Waals surface area contributed by atoms with E-state index in [9.17, 15) is 0 Å². The fourth-order valence-corrected chi connectivity index (χ4v) is 2.99. The largest absolute Gasteiger partial charge is 0.496 e. The number of hydrogen-bond acceptors (Lipinski definition) is 2. The van der Waals surface area contributed by atoms with Crippen LogP contribution in [0.3, 0.4) is 0 Å². The predicted octanol–water partition coefficient (Wildman–Crippen LogP) is 3.97. The van der Waals surface area contributed by atoms with Gasteiger partial charge in [-0.05, 0) is 42.9 Å². The molecule has 0 heterocycles. The van der Waals surface area contributed by atoms with Crippen molar-refractivity contribution in [3.05, 3.63) is 29.3 Å². The third-order valence-electron chi connectivity index (χ3n) is 4.22. The van der Waals surface area contributed by atoms with Gasteiger partial charge in [-0.3, -0.25) is 0 Å². The maximum atomic E-state index is 6.46. The van der Waals surface area contributed by atoms with E-state index in [-0.39, 0.29) is 6.04 Å². The van der Waals surface area contributed by atoms with Gasteiger partial charge >= 0.3 is 0 Å². The van der Waals surface area contributed by atoms with Crippen LogP contribution in [0.4, 0.5) is 0 Å². The van der Waals surface area contributed by atoms with E-state index in [0.29, 0.717) is 5.92 Å². The molecular weight excluding hydrogens is 222 g/mol. The highest BCUT2D eigenvalue weighted by Crippen LogP contribution is 2.33. The quantitative estimate of drug-likeness (QED) is 0.820. The summed E-state index contributed by atoms with van der Waals surface area (Å²) in [4.78, 5) is 0. The summed E-state index contributed by atoms with van der Waals surface area (Å²) in [5.41, 5.74) is 8.86. The lowest BCUT2D eigenvalue weighted by Crippen LogP contribution is -2.21. The number of benzene rings is 1. The molecule has 1 atom stereocenters. The number of methoxy groups -OCH3 is 1. The minimum absolute atomic E-state index is 0.164. The van der Waals surface area contributed by atoms with E-state index in [4.69, 9.17) is 10.5 Å². The minimum atomic E-state index is 0.164. The van der Waals surface area contributed by atoms with E-state index in [1.807, 2.05) is 0 Å². The smallest absolute Gasteiger partial charge is 0.122 e. The van der Waals surface area contributed by atoms with Crippen molar-refractivity contribution >= 4 is 0 Å². The van der Waals surface area contributed by atoms with Gasteiger partial charge in [0.2, 0.25) is 0 Å². The molecule has 2 rings (SSSR count). The standard InChI is InChI=1S/C16H25NO/c1-12-9-10-14(11-15(12)18-2)16(17)13-7-5-3-4-6-8-13/h9-11,13,16H,3-8,17H2,1-2H3. The van der Waals surface area contributed by atoms with Gasteiger partial charge in [0.25, 0.3) is 0 Å². The lowest BCUT2D eigenvalue weighted by molar-refractivity contribution is 0.378. The summed E-state index contributed by atoms with van der Waals surface area (Å²) in [6, 6.07) is 6.56. The van der Waals surface area contributed by atoms with Crippen LogP contribution in [0.25, 0.3) is 0 Å². The first-order valence-electron chi connectivity index (χ1n) is 7.12. The third kappa shape index (κ3) is 3.05. The van der Waals surface area contributed by atoms with Crippen molar-refractivity contribution in [3.63, 3.8) is 0 Å². The SMILES string of the molecule is COc1cc(C(N)C2CCCCCC2)ccc1C. The van der Waals surface area contributed by atoms with Gasteiger partial charge in [-0.15, -0.1) is 0 Å². The van der Waals surface area contributed by atoms with Crippen LogP contribution < -0.4 is 10.5 Å². The van der Waals surface area contributed by atoms with Crippen LogP contribution in [0.5, 0.6) is 5.75 Å². The van der Waals surface area contributed by atoms with Gasteiger partial charge in [-0.25, -0.2) is 0 Å². The van der Waals surface area contributed by atoms with E-state index in [1.165, 1.54) is 49.7 Å². The molecule has 18 heavy (non-hydrogen) atoms. The van der Waals surface area contributed by atoms with Crippen LogP contribution in [0.1, 0.15) is 55.7 Å². The van der Waals surface area contributed by atoms with Crippen molar-refractivity contribution in [2.45, 2.75) is 51.5 Å². The summed E-state index contributed by atoms with van der Waals surface area (Å²) in [6.45, 7) is 2.07. The molecule has 0 bridgehead atoms. The Hall–Kier alpha value is -1.02. The molecule has 1 aromatic carbocycles. The zero-order valence-electron chi connectivity index (χ0n) is 11.6. The second-order valence-corrected chi connectivity index (χ2v) is 5.51. The van der Waals surface area contributed by atoms with Crippen LogP contribution in [-0.4, -0.2) is 7.11 Å². The van der Waals surface area contributed by atoms with Gasteiger partial charge in [0, 0.05) is 6.04 Å². The molecular formula is C16H25NO. The number of aryl methyl sites for hydroxylation is 1. The third-order valence-corrected chi connectivity index (χ3v) is 4.22. The first-order chi connectivity index (χ1) is 8.72. The van der Waals surface area contributed by atoms with Gasteiger partial charge in [0.15, 0.2) is 0 Å². The molecule has 1 aliphatic rings. The van der Waals surface area contributed by atoms with E-state index >= 15 is 0 Å². The van der Waals surface area contributed by atoms with Gasteiger partial charge in [0.1, 0.15) is 5.75 Å². The summed E-state index contributed by atoms with van der Waals surface area (Å²) in [7, 11) is 1.73. The Kier molecular flexibility index (Phi) is 4.65. The van der Waals surface area contributed by atoms with Gasteiger partial charge < -0.3 is 10.5 Å². The van der Waals surface area contributed by atoms with Gasteiger partial charge in [-0.2, -0.15) is 0 Å². The molecule has 2 nitrogen and oxygen atoms in total. The van der Waals surface area contributed by atoms with Crippen molar-refractivity contribution in [1.82, 2.24) is 0 Å². The van der Waals surface area contributed by atoms with E-state index in [1.54, 1.807) is 7.11 Å². The molecule has 100 valence electrons. The minimum Gasteiger partial charge on any atom is -0.496 e. The Morgan fingerprint density at radius 1 is 1.17 bits per heavy atom. The van der Waals surface area contributed by atoms with Crippen molar-refractivity contribution < 1.29 is 4.74 Å². The molecule has 1 aromatic rings. The zero-order valence-corrected chi connectivity index (χ0v) is 11.6. The molecule has 0 saturated heterocycles. The van der Waals surface area contributed by atoms with Gasteiger partial charge in [0.05, 0.1) is 7.11 Å². The molecule has 1 fully saturated rings. The van der Waals surface area contributed by atoms with Crippen molar-refractivity contribution in [2.24, 2.45) is 11.7 Å². The maximum Gasteiger partial charge on any atom is 0.122 e. The lowest BCUT2D eigenvalue weighted by Gasteiger charge is -2.23. The van der Waals surface area contributed by atoms with Crippen LogP contribution >= 0.6 is 0 Å². The second kappa shape index (κ2) is 6.24. The molecule has 2 heteroatoms. The highest BCUT2D eigenvalue weighted by molar-refractivity contribution is 5.37. The molecule has 0 aliphatic heterocycles. The Labute approximate surface area is 111 Å². The average molecular weight is 247 g/mol. The first kappa shape index (κ1) is 13.4. The second-order valence-electron chi connectivity index (χ2n) is 5.51. The Balaban J connectivity index is 2.13. The molecule has 0 amide bonds. The fourth-order valence-electron chi connectivity index (χ4n) is 2.99. The highest BCUT2D eigenvalue weighted by Gasteiger charge is 2.21. The molecule has 0 radical (unpaired) electrons. The first-order valence-corrected chi connectivity index (χ1v) is 7.12. The normalized spacial score (nSPS) is 19.3. The number of nitrogens with two attached hydrogens (primary N) is 1. The van der Waals surface area contributed by atoms with Crippen LogP contribution in [-0.2, 0) is 0 Å². The van der Waals surface area contributed by atoms with Crippen LogP contribution in [0, 0.1) is 12.8 Å². The summed E-state index contributed by atoms with van der Waals surface area (Å²) >= 11 is 0. The monoisotopic (exact) mass is 247 g/mol. The lowest BCUT2D eigenvalue weighted by atomic mass is 9.87. The van der Waals surface area contributed by atoms with Gasteiger partial charge in [-0.1, -0.05) is 37.8 Å². The highest BCUT2D eigenvalue weighted by atomic mass is 16.5. The molecule has 2 N–H and O–H groups in total. The Bertz CT molecular complexity index is 381. The summed E-state index contributed by atoms with van der Waals surface area (Å²) in [5.74, 6) is 1.59. The summed E-state index contributed by atoms with van der Waals surface area (Å²) < 4.78 is 5.39.